The van der Waals surface area contributed by atoms with Gasteiger partial charge in [0.05, 0.1) is 0 Å². The van der Waals surface area contributed by atoms with Crippen molar-refractivity contribution in [3.05, 3.63) is 0 Å². The SMILES string of the molecule is CC1CCC(C(C)C)C(OC(=O)CCCC(=O)OS(C)(C)O)C1. The van der Waals surface area contributed by atoms with Crippen molar-refractivity contribution in [1.29, 1.82) is 0 Å². The molecule has 5 nitrogen and oxygen atoms in total. The lowest BCUT2D eigenvalue weighted by molar-refractivity contribution is -0.156. The lowest BCUT2D eigenvalue weighted by atomic mass is 9.75. The van der Waals surface area contributed by atoms with Gasteiger partial charge in [0.2, 0.25) is 0 Å². The Labute approximate surface area is 141 Å². The van der Waals surface area contributed by atoms with E-state index in [1.165, 1.54) is 18.9 Å². The molecule has 0 aromatic rings. The van der Waals surface area contributed by atoms with Crippen LogP contribution in [0.4, 0.5) is 0 Å². The van der Waals surface area contributed by atoms with Gasteiger partial charge in [-0.1, -0.05) is 27.2 Å². The molecule has 136 valence electrons. The van der Waals surface area contributed by atoms with E-state index in [0.29, 0.717) is 24.2 Å². The Hall–Kier alpha value is -0.750. The van der Waals surface area contributed by atoms with Gasteiger partial charge in [-0.25, -0.2) is 0 Å². The molecule has 3 atom stereocenters. The van der Waals surface area contributed by atoms with Gasteiger partial charge in [-0.05, 0) is 37.0 Å². The summed E-state index contributed by atoms with van der Waals surface area (Å²) in [6, 6.07) is 0. The molecule has 0 radical (unpaired) electrons. The standard InChI is InChI=1S/C17H32O5S/c1-12(2)14-10-9-13(3)11-15(14)21-16(18)7-6-8-17(19)22-23(4,5)20/h12-15,20H,6-11H2,1-5H3. The Morgan fingerprint density at radius 1 is 1.17 bits per heavy atom. The van der Waals surface area contributed by atoms with E-state index in [1.54, 1.807) is 0 Å². The molecule has 1 saturated carbocycles. The van der Waals surface area contributed by atoms with Gasteiger partial charge >= 0.3 is 11.9 Å². The van der Waals surface area contributed by atoms with Gasteiger partial charge in [0.1, 0.15) is 6.10 Å². The highest BCUT2D eigenvalue weighted by Gasteiger charge is 2.33. The Morgan fingerprint density at radius 2 is 1.78 bits per heavy atom. The fourth-order valence-electron chi connectivity index (χ4n) is 3.12. The first-order valence-electron chi connectivity index (χ1n) is 8.46. The largest absolute Gasteiger partial charge is 0.462 e. The smallest absolute Gasteiger partial charge is 0.327 e. The summed E-state index contributed by atoms with van der Waals surface area (Å²) in [4.78, 5) is 23.5. The van der Waals surface area contributed by atoms with Gasteiger partial charge in [-0.2, -0.15) is 10.6 Å². The van der Waals surface area contributed by atoms with E-state index in [2.05, 4.69) is 20.8 Å². The van der Waals surface area contributed by atoms with E-state index in [-0.39, 0.29) is 24.9 Å². The first-order chi connectivity index (χ1) is 10.6. The van der Waals surface area contributed by atoms with Crippen molar-refractivity contribution in [2.24, 2.45) is 17.8 Å². The van der Waals surface area contributed by atoms with Crippen molar-refractivity contribution >= 4 is 22.5 Å². The van der Waals surface area contributed by atoms with Gasteiger partial charge in [0.15, 0.2) is 0 Å². The number of ether oxygens (including phenoxy) is 1. The molecule has 1 N–H and O–H groups in total. The first-order valence-corrected chi connectivity index (χ1v) is 10.8. The maximum absolute atomic E-state index is 12.0. The third-order valence-electron chi connectivity index (χ3n) is 4.30. The molecule has 1 rings (SSSR count). The highest BCUT2D eigenvalue weighted by Crippen LogP contribution is 2.36. The maximum atomic E-state index is 12.0. The molecule has 1 aliphatic carbocycles. The molecule has 0 aliphatic heterocycles. The molecular weight excluding hydrogens is 316 g/mol. The number of carbonyl (C=O) groups excluding carboxylic acids is 2. The Morgan fingerprint density at radius 3 is 2.35 bits per heavy atom. The predicted octanol–water partition coefficient (Wildman–Crippen LogP) is 4.16. The maximum Gasteiger partial charge on any atom is 0.327 e. The second-order valence-electron chi connectivity index (χ2n) is 7.34. The van der Waals surface area contributed by atoms with Crippen LogP contribution in [0.2, 0.25) is 0 Å². The molecule has 0 bridgehead atoms. The molecule has 0 amide bonds. The molecule has 23 heavy (non-hydrogen) atoms. The fourth-order valence-corrected chi connectivity index (χ4v) is 3.66. The van der Waals surface area contributed by atoms with Crippen LogP contribution in [0.15, 0.2) is 0 Å². The zero-order valence-corrected chi connectivity index (χ0v) is 15.9. The Bertz CT molecular complexity index is 402. The summed E-state index contributed by atoms with van der Waals surface area (Å²) in [5, 5.41) is 0. The van der Waals surface area contributed by atoms with Crippen molar-refractivity contribution in [3.63, 3.8) is 0 Å². The molecule has 1 fully saturated rings. The van der Waals surface area contributed by atoms with Crippen molar-refractivity contribution < 1.29 is 23.1 Å². The van der Waals surface area contributed by atoms with Crippen LogP contribution in [0, 0.1) is 17.8 Å². The topological polar surface area (TPSA) is 72.8 Å². The number of hydrogen-bond donors (Lipinski definition) is 1. The lowest BCUT2D eigenvalue weighted by Gasteiger charge is -2.36. The highest BCUT2D eigenvalue weighted by molar-refractivity contribution is 8.24. The van der Waals surface area contributed by atoms with Crippen LogP contribution in [0.3, 0.4) is 0 Å². The molecule has 0 saturated heterocycles. The molecule has 1 aliphatic rings. The minimum Gasteiger partial charge on any atom is -0.462 e. The summed E-state index contributed by atoms with van der Waals surface area (Å²) < 4.78 is 20.0. The zero-order chi connectivity index (χ0) is 17.6. The molecule has 0 aromatic heterocycles. The third-order valence-corrected chi connectivity index (χ3v) is 4.90. The third kappa shape index (κ3) is 8.06. The normalized spacial score (nSPS) is 26.0. The number of hydrogen-bond acceptors (Lipinski definition) is 5. The summed E-state index contributed by atoms with van der Waals surface area (Å²) in [6.07, 6.45) is 6.93. The van der Waals surface area contributed by atoms with Gasteiger partial charge in [-0.15, -0.1) is 0 Å². The lowest BCUT2D eigenvalue weighted by Crippen LogP contribution is -2.35. The van der Waals surface area contributed by atoms with Gasteiger partial charge in [-0.3, -0.25) is 14.1 Å². The number of carbonyl (C=O) groups is 2. The van der Waals surface area contributed by atoms with Gasteiger partial charge < -0.3 is 8.92 Å². The Kier molecular flexibility index (Phi) is 7.87. The quantitative estimate of drug-likeness (QED) is 0.700. The average molecular weight is 349 g/mol. The highest BCUT2D eigenvalue weighted by atomic mass is 32.3. The second-order valence-corrected chi connectivity index (χ2v) is 9.87. The average Bonchev–Trinajstić information content (AvgIpc) is 2.35. The molecule has 0 spiro atoms. The van der Waals surface area contributed by atoms with Gasteiger partial charge in [0.25, 0.3) is 0 Å². The van der Waals surface area contributed by atoms with E-state index in [0.717, 1.165) is 12.8 Å². The van der Waals surface area contributed by atoms with Gasteiger partial charge in [0, 0.05) is 25.4 Å². The summed E-state index contributed by atoms with van der Waals surface area (Å²) >= 11 is 0. The van der Waals surface area contributed by atoms with Crippen LogP contribution < -0.4 is 0 Å². The van der Waals surface area contributed by atoms with Crippen molar-refractivity contribution in [3.8, 4) is 0 Å². The van der Waals surface area contributed by atoms with Crippen LogP contribution in [-0.2, 0) is 18.5 Å². The molecule has 3 unspecified atom stereocenters. The summed E-state index contributed by atoms with van der Waals surface area (Å²) in [5.41, 5.74) is 0. The predicted molar refractivity (Wildman–Crippen MR) is 93.2 cm³/mol. The van der Waals surface area contributed by atoms with E-state index in [9.17, 15) is 14.1 Å². The molecule has 0 heterocycles. The Balaban J connectivity index is 2.36. The van der Waals surface area contributed by atoms with Crippen molar-refractivity contribution in [2.75, 3.05) is 12.5 Å². The van der Waals surface area contributed by atoms with E-state index < -0.39 is 16.6 Å². The van der Waals surface area contributed by atoms with Crippen molar-refractivity contribution in [1.82, 2.24) is 0 Å². The minimum absolute atomic E-state index is 0.000906. The monoisotopic (exact) mass is 348 g/mol. The minimum atomic E-state index is -2.29. The summed E-state index contributed by atoms with van der Waals surface area (Å²) in [5.74, 6) is 0.821. The second kappa shape index (κ2) is 8.92. The van der Waals surface area contributed by atoms with Crippen LogP contribution >= 0.6 is 10.6 Å². The first kappa shape index (κ1) is 20.3. The summed E-state index contributed by atoms with van der Waals surface area (Å²) in [6.45, 7) is 6.55. The van der Waals surface area contributed by atoms with Crippen LogP contribution in [0.5, 0.6) is 0 Å². The molecule has 0 aromatic carbocycles. The zero-order valence-electron chi connectivity index (χ0n) is 15.0. The number of rotatable bonds is 7. The summed E-state index contributed by atoms with van der Waals surface area (Å²) in [7, 11) is -2.29. The van der Waals surface area contributed by atoms with E-state index in [4.69, 9.17) is 8.92 Å². The van der Waals surface area contributed by atoms with E-state index in [1.807, 2.05) is 0 Å². The van der Waals surface area contributed by atoms with Crippen LogP contribution in [-0.4, -0.2) is 35.1 Å². The van der Waals surface area contributed by atoms with Crippen LogP contribution in [0.25, 0.3) is 0 Å². The van der Waals surface area contributed by atoms with E-state index >= 15 is 0 Å². The molecular formula is C17H32O5S. The van der Waals surface area contributed by atoms with Crippen LogP contribution in [0.1, 0.15) is 59.3 Å². The number of esters is 1. The molecule has 6 heteroatoms. The fraction of sp³-hybridized carbons (Fsp3) is 0.882. The van der Waals surface area contributed by atoms with Crippen molar-refractivity contribution in [2.45, 2.75) is 65.4 Å².